The van der Waals surface area contributed by atoms with E-state index in [-0.39, 0.29) is 6.42 Å². The van der Waals surface area contributed by atoms with Crippen molar-refractivity contribution in [2.45, 2.75) is 59.0 Å². The van der Waals surface area contributed by atoms with Crippen LogP contribution in [0.1, 0.15) is 57.8 Å². The molecule has 3 aromatic rings. The van der Waals surface area contributed by atoms with Crippen molar-refractivity contribution in [3.63, 3.8) is 0 Å². The van der Waals surface area contributed by atoms with Gasteiger partial charge >= 0.3 is 5.97 Å². The van der Waals surface area contributed by atoms with Crippen LogP contribution in [0.2, 0.25) is 0 Å². The summed E-state index contributed by atoms with van der Waals surface area (Å²) in [6.45, 7) is 3.65. The molecule has 1 aliphatic carbocycles. The maximum atomic E-state index is 12.4. The molecule has 8 nitrogen and oxygen atoms in total. The molecule has 0 fully saturated rings. The number of ether oxygens (including phenoxy) is 2. The van der Waals surface area contributed by atoms with E-state index in [4.69, 9.17) is 14.0 Å². The number of aromatic nitrogens is 1. The second-order valence-electron chi connectivity index (χ2n) is 8.50. The van der Waals surface area contributed by atoms with Gasteiger partial charge in [-0.25, -0.2) is 0 Å². The Morgan fingerprint density at radius 1 is 1.17 bits per heavy atom. The monoisotopic (exact) mass is 493 g/mol. The van der Waals surface area contributed by atoms with Crippen LogP contribution in [0.5, 0.6) is 5.75 Å². The number of nitrogens with zero attached hydrogens (tertiary/aromatic N) is 2. The minimum Gasteiger partial charge on any atom is -0.489 e. The number of nitriles is 1. The Hall–Kier alpha value is -3.64. The topological polar surface area (TPSA) is 114 Å². The number of carbonyl (C=O) groups excluding carboxylic acids is 2. The first-order chi connectivity index (χ1) is 16.9. The van der Waals surface area contributed by atoms with Gasteiger partial charge in [0.1, 0.15) is 29.2 Å². The van der Waals surface area contributed by atoms with Crippen LogP contribution in [-0.2, 0) is 40.2 Å². The number of hydrogen-bond acceptors (Lipinski definition) is 8. The summed E-state index contributed by atoms with van der Waals surface area (Å²) in [6.07, 6.45) is 5.14. The molecule has 0 radical (unpaired) electrons. The van der Waals surface area contributed by atoms with E-state index in [0.717, 1.165) is 60.2 Å². The Bertz CT molecular complexity index is 1230. The fourth-order valence-electron chi connectivity index (χ4n) is 4.04. The van der Waals surface area contributed by atoms with E-state index in [9.17, 15) is 14.9 Å². The van der Waals surface area contributed by atoms with Gasteiger partial charge in [-0.15, -0.1) is 11.3 Å². The number of thiophene rings is 1. The lowest BCUT2D eigenvalue weighted by atomic mass is 10.1. The number of esters is 1. The highest BCUT2D eigenvalue weighted by atomic mass is 32.1. The Kier molecular flexibility index (Phi) is 7.83. The van der Waals surface area contributed by atoms with Crippen LogP contribution in [0.3, 0.4) is 0 Å². The summed E-state index contributed by atoms with van der Waals surface area (Å²) in [5, 5.41) is 16.8. The molecule has 2 heterocycles. The SMILES string of the molecule is Cc1noc(C)c1COc1ccc(CC(=O)OCC(=O)Nc2sc3c(c2C#N)CCCCC3)cc1. The summed E-state index contributed by atoms with van der Waals surface area (Å²) < 4.78 is 16.1. The van der Waals surface area contributed by atoms with Crippen LogP contribution in [0.25, 0.3) is 0 Å². The molecule has 0 saturated carbocycles. The molecule has 1 N–H and O–H groups in total. The number of anilines is 1. The Morgan fingerprint density at radius 3 is 2.66 bits per heavy atom. The Balaban J connectivity index is 1.25. The number of aryl methyl sites for hydroxylation is 3. The normalized spacial score (nSPS) is 12.8. The number of carbonyl (C=O) groups is 2. The highest BCUT2D eigenvalue weighted by Crippen LogP contribution is 2.36. The predicted molar refractivity (Wildman–Crippen MR) is 130 cm³/mol. The molecular formula is C26H27N3O5S. The summed E-state index contributed by atoms with van der Waals surface area (Å²) in [5.41, 5.74) is 4.05. The van der Waals surface area contributed by atoms with Crippen LogP contribution < -0.4 is 10.1 Å². The van der Waals surface area contributed by atoms with Gasteiger partial charge < -0.3 is 19.3 Å². The van der Waals surface area contributed by atoms with Gasteiger partial charge in [0.2, 0.25) is 0 Å². The van der Waals surface area contributed by atoms with E-state index in [1.807, 2.05) is 13.8 Å². The molecule has 0 aliphatic heterocycles. The minimum absolute atomic E-state index is 0.0359. The van der Waals surface area contributed by atoms with Crippen molar-refractivity contribution in [1.29, 1.82) is 5.26 Å². The van der Waals surface area contributed by atoms with Gasteiger partial charge in [-0.3, -0.25) is 9.59 Å². The zero-order valence-electron chi connectivity index (χ0n) is 19.8. The van der Waals surface area contributed by atoms with E-state index in [1.165, 1.54) is 16.2 Å². The number of rotatable bonds is 8. The standard InChI is InChI=1S/C26H27N3O5S/c1-16-22(17(2)34-29-16)14-32-19-10-8-18(9-11-19)12-25(31)33-15-24(30)28-26-21(13-27)20-6-4-3-5-7-23(20)35-26/h8-11H,3-7,12,14-15H2,1-2H3,(H,28,30). The van der Waals surface area contributed by atoms with Crippen molar-refractivity contribution in [2.75, 3.05) is 11.9 Å². The molecule has 0 atom stereocenters. The Morgan fingerprint density at radius 2 is 1.94 bits per heavy atom. The van der Waals surface area contributed by atoms with E-state index in [2.05, 4.69) is 16.5 Å². The van der Waals surface area contributed by atoms with Crippen molar-refractivity contribution in [2.24, 2.45) is 0 Å². The van der Waals surface area contributed by atoms with E-state index < -0.39 is 18.5 Å². The Labute approximate surface area is 207 Å². The van der Waals surface area contributed by atoms with Gasteiger partial charge in [-0.2, -0.15) is 5.26 Å². The summed E-state index contributed by atoms with van der Waals surface area (Å²) in [6, 6.07) is 9.34. The largest absolute Gasteiger partial charge is 0.489 e. The molecule has 0 saturated heterocycles. The first kappa shape index (κ1) is 24.5. The number of amides is 1. The van der Waals surface area contributed by atoms with Crippen LogP contribution in [0.4, 0.5) is 5.00 Å². The van der Waals surface area contributed by atoms with Crippen molar-refractivity contribution in [3.8, 4) is 11.8 Å². The molecule has 9 heteroatoms. The highest BCUT2D eigenvalue weighted by molar-refractivity contribution is 7.16. The molecule has 0 unspecified atom stereocenters. The molecule has 2 aromatic heterocycles. The van der Waals surface area contributed by atoms with Crippen LogP contribution in [0.15, 0.2) is 28.8 Å². The lowest BCUT2D eigenvalue weighted by Crippen LogP contribution is -2.21. The quantitative estimate of drug-likeness (QED) is 0.354. The zero-order chi connectivity index (χ0) is 24.8. The number of benzene rings is 1. The maximum Gasteiger partial charge on any atom is 0.310 e. The van der Waals surface area contributed by atoms with Gasteiger partial charge in [0.25, 0.3) is 5.91 Å². The maximum absolute atomic E-state index is 12.4. The molecule has 0 spiro atoms. The summed E-state index contributed by atoms with van der Waals surface area (Å²) in [4.78, 5) is 25.8. The number of nitrogens with one attached hydrogen (secondary N) is 1. The van der Waals surface area contributed by atoms with Gasteiger partial charge in [-0.05, 0) is 62.8 Å². The third-order valence-electron chi connectivity index (χ3n) is 5.99. The molecular weight excluding hydrogens is 466 g/mol. The molecule has 1 aliphatic rings. The lowest BCUT2D eigenvalue weighted by Gasteiger charge is -2.08. The molecule has 4 rings (SSSR count). The van der Waals surface area contributed by atoms with E-state index in [0.29, 0.717) is 22.9 Å². The highest BCUT2D eigenvalue weighted by Gasteiger charge is 2.21. The van der Waals surface area contributed by atoms with Crippen molar-refractivity contribution in [3.05, 3.63) is 62.9 Å². The lowest BCUT2D eigenvalue weighted by molar-refractivity contribution is -0.146. The number of hydrogen-bond donors (Lipinski definition) is 1. The second kappa shape index (κ2) is 11.2. The zero-order valence-corrected chi connectivity index (χ0v) is 20.6. The van der Waals surface area contributed by atoms with Crippen molar-refractivity contribution >= 4 is 28.2 Å². The average molecular weight is 494 g/mol. The van der Waals surface area contributed by atoms with Gasteiger partial charge in [-0.1, -0.05) is 23.7 Å². The van der Waals surface area contributed by atoms with E-state index >= 15 is 0 Å². The van der Waals surface area contributed by atoms with Gasteiger partial charge in [0.05, 0.1) is 23.2 Å². The third-order valence-corrected chi connectivity index (χ3v) is 7.19. The first-order valence-corrected chi connectivity index (χ1v) is 12.4. The van der Waals surface area contributed by atoms with Gasteiger partial charge in [0.15, 0.2) is 6.61 Å². The number of fused-ring (bicyclic) bond motifs is 1. The molecule has 1 aromatic carbocycles. The fraction of sp³-hybridized carbons (Fsp3) is 0.385. The predicted octanol–water partition coefficient (Wildman–Crippen LogP) is 4.80. The summed E-state index contributed by atoms with van der Waals surface area (Å²) in [7, 11) is 0. The smallest absolute Gasteiger partial charge is 0.310 e. The molecule has 1 amide bonds. The van der Waals surface area contributed by atoms with Crippen LogP contribution in [0, 0.1) is 25.2 Å². The third kappa shape index (κ3) is 6.08. The summed E-state index contributed by atoms with van der Waals surface area (Å²) >= 11 is 1.46. The molecule has 35 heavy (non-hydrogen) atoms. The second-order valence-corrected chi connectivity index (χ2v) is 9.61. The van der Waals surface area contributed by atoms with Crippen molar-refractivity contribution < 1.29 is 23.6 Å². The first-order valence-electron chi connectivity index (χ1n) is 11.6. The van der Waals surface area contributed by atoms with Gasteiger partial charge in [0, 0.05) is 4.88 Å². The average Bonchev–Trinajstić information content (AvgIpc) is 3.24. The molecule has 0 bridgehead atoms. The minimum atomic E-state index is -0.507. The van der Waals surface area contributed by atoms with Crippen molar-refractivity contribution in [1.82, 2.24) is 5.16 Å². The fourth-order valence-corrected chi connectivity index (χ4v) is 5.30. The van der Waals surface area contributed by atoms with Crippen LogP contribution >= 0.6 is 11.3 Å². The van der Waals surface area contributed by atoms with E-state index in [1.54, 1.807) is 24.3 Å². The molecule has 182 valence electrons. The van der Waals surface area contributed by atoms with Crippen LogP contribution in [-0.4, -0.2) is 23.6 Å². The summed E-state index contributed by atoms with van der Waals surface area (Å²) in [5.74, 6) is 0.425.